The molecule has 0 unspecified atom stereocenters. The van der Waals surface area contributed by atoms with Crippen LogP contribution in [-0.4, -0.2) is 29.4 Å². The summed E-state index contributed by atoms with van der Waals surface area (Å²) in [6.45, 7) is 0. The van der Waals surface area contributed by atoms with Crippen molar-refractivity contribution >= 4 is 16.9 Å². The van der Waals surface area contributed by atoms with Crippen molar-refractivity contribution in [3.05, 3.63) is 54.2 Å². The van der Waals surface area contributed by atoms with Gasteiger partial charge >= 0.3 is 12.3 Å². The summed E-state index contributed by atoms with van der Waals surface area (Å²) >= 11 is 0. The molecule has 3 aromatic rings. The molecule has 8 heteroatoms. The molecule has 0 amide bonds. The van der Waals surface area contributed by atoms with Crippen molar-refractivity contribution < 1.29 is 32.6 Å². The van der Waals surface area contributed by atoms with Crippen LogP contribution < -0.4 is 4.74 Å². The van der Waals surface area contributed by atoms with E-state index in [-0.39, 0.29) is 11.4 Å². The minimum atomic E-state index is -4.78. The maximum atomic E-state index is 12.3. The predicted octanol–water partition coefficient (Wildman–Crippen LogP) is 4.23. The molecule has 1 aromatic heterocycles. The number of alkyl halides is 3. The van der Waals surface area contributed by atoms with Gasteiger partial charge in [-0.05, 0) is 35.4 Å². The normalized spacial score (nSPS) is 11.5. The summed E-state index contributed by atoms with van der Waals surface area (Å²) in [5.41, 5.74) is 1.28. The van der Waals surface area contributed by atoms with Crippen LogP contribution in [-0.2, 0) is 4.74 Å². The molecule has 0 aliphatic rings. The van der Waals surface area contributed by atoms with Gasteiger partial charge in [-0.1, -0.05) is 24.3 Å². The van der Waals surface area contributed by atoms with Crippen LogP contribution in [0.5, 0.6) is 5.75 Å². The number of methoxy groups -OCH3 is 1. The molecule has 0 aliphatic heterocycles. The molecule has 3 rings (SSSR count). The quantitative estimate of drug-likeness (QED) is 0.567. The van der Waals surface area contributed by atoms with E-state index in [9.17, 15) is 23.2 Å². The SMILES string of the molecule is COC(=O)c1cc2ccc(-c3cccc(OC(F)(F)F)c3)cc2n1O. The zero-order chi connectivity index (χ0) is 18.2. The molecule has 1 heterocycles. The van der Waals surface area contributed by atoms with Gasteiger partial charge in [0.2, 0.25) is 0 Å². The standard InChI is InChI=1S/C17H12F3NO4/c1-24-16(22)15-9-12-6-5-11(8-14(12)21(15)23)10-3-2-4-13(7-10)25-17(18,19)20/h2-9,23H,1H3. The zero-order valence-electron chi connectivity index (χ0n) is 12.9. The molecule has 0 atom stereocenters. The minimum absolute atomic E-state index is 0.0520. The van der Waals surface area contributed by atoms with Crippen LogP contribution in [0.15, 0.2) is 48.5 Å². The molecule has 0 radical (unpaired) electrons. The number of benzene rings is 2. The summed E-state index contributed by atoms with van der Waals surface area (Å²) in [4.78, 5) is 11.6. The maximum absolute atomic E-state index is 12.3. The Morgan fingerprint density at radius 3 is 2.48 bits per heavy atom. The molecule has 25 heavy (non-hydrogen) atoms. The summed E-state index contributed by atoms with van der Waals surface area (Å²) in [5, 5.41) is 10.7. The minimum Gasteiger partial charge on any atom is -0.464 e. The van der Waals surface area contributed by atoms with E-state index in [1.165, 1.54) is 31.4 Å². The van der Waals surface area contributed by atoms with Gasteiger partial charge in [0.1, 0.15) is 5.75 Å². The van der Waals surface area contributed by atoms with Gasteiger partial charge in [0.25, 0.3) is 0 Å². The van der Waals surface area contributed by atoms with Crippen molar-refractivity contribution in [1.82, 2.24) is 4.73 Å². The summed E-state index contributed by atoms with van der Waals surface area (Å²) < 4.78 is 46.2. The second-order valence-electron chi connectivity index (χ2n) is 5.18. The van der Waals surface area contributed by atoms with Gasteiger partial charge in [-0.25, -0.2) is 4.79 Å². The number of carbonyl (C=O) groups is 1. The van der Waals surface area contributed by atoms with Gasteiger partial charge in [0.15, 0.2) is 5.69 Å². The molecular weight excluding hydrogens is 339 g/mol. The van der Waals surface area contributed by atoms with Gasteiger partial charge in [0, 0.05) is 5.39 Å². The van der Waals surface area contributed by atoms with Crippen LogP contribution in [0.1, 0.15) is 10.5 Å². The lowest BCUT2D eigenvalue weighted by Gasteiger charge is -2.10. The summed E-state index contributed by atoms with van der Waals surface area (Å²) in [6, 6.07) is 11.8. The van der Waals surface area contributed by atoms with Crippen LogP contribution in [0.25, 0.3) is 22.0 Å². The molecule has 0 saturated carbocycles. The van der Waals surface area contributed by atoms with Gasteiger partial charge in [-0.15, -0.1) is 13.2 Å². The predicted molar refractivity (Wildman–Crippen MR) is 82.6 cm³/mol. The van der Waals surface area contributed by atoms with E-state index in [1.807, 2.05) is 0 Å². The van der Waals surface area contributed by atoms with E-state index in [0.717, 1.165) is 0 Å². The molecular formula is C17H12F3NO4. The fourth-order valence-corrected chi connectivity index (χ4v) is 2.49. The van der Waals surface area contributed by atoms with E-state index in [4.69, 9.17) is 0 Å². The average molecular weight is 351 g/mol. The zero-order valence-corrected chi connectivity index (χ0v) is 12.9. The third kappa shape index (κ3) is 3.37. The van der Waals surface area contributed by atoms with E-state index in [2.05, 4.69) is 9.47 Å². The first-order valence-corrected chi connectivity index (χ1v) is 7.08. The molecule has 0 fully saturated rings. The number of halogens is 3. The fraction of sp³-hybridized carbons (Fsp3) is 0.118. The Morgan fingerprint density at radius 2 is 1.80 bits per heavy atom. The first kappa shape index (κ1) is 16.7. The summed E-state index contributed by atoms with van der Waals surface area (Å²) in [5.74, 6) is -1.06. The third-order valence-corrected chi connectivity index (χ3v) is 3.57. The first-order valence-electron chi connectivity index (χ1n) is 7.08. The first-order chi connectivity index (χ1) is 11.8. The van der Waals surface area contributed by atoms with E-state index >= 15 is 0 Å². The maximum Gasteiger partial charge on any atom is 0.573 e. The highest BCUT2D eigenvalue weighted by Crippen LogP contribution is 2.30. The Kier molecular flexibility index (Phi) is 4.03. The smallest absolute Gasteiger partial charge is 0.464 e. The molecule has 0 aliphatic carbocycles. The van der Waals surface area contributed by atoms with Crippen molar-refractivity contribution in [2.75, 3.05) is 7.11 Å². The van der Waals surface area contributed by atoms with Crippen molar-refractivity contribution in [3.8, 4) is 16.9 Å². The van der Waals surface area contributed by atoms with Crippen molar-refractivity contribution in [2.45, 2.75) is 6.36 Å². The van der Waals surface area contributed by atoms with Gasteiger partial charge in [-0.3, -0.25) is 0 Å². The Bertz CT molecular complexity index is 947. The highest BCUT2D eigenvalue weighted by molar-refractivity contribution is 5.96. The molecule has 0 spiro atoms. The lowest BCUT2D eigenvalue weighted by molar-refractivity contribution is -0.274. The monoisotopic (exact) mass is 351 g/mol. The highest BCUT2D eigenvalue weighted by Gasteiger charge is 2.31. The van der Waals surface area contributed by atoms with Gasteiger partial charge < -0.3 is 14.7 Å². The van der Waals surface area contributed by atoms with Gasteiger partial charge in [0.05, 0.1) is 12.6 Å². The number of esters is 1. The number of nitrogens with zero attached hydrogens (tertiary/aromatic N) is 1. The topological polar surface area (TPSA) is 60.7 Å². The number of rotatable bonds is 3. The number of aromatic nitrogens is 1. The molecule has 130 valence electrons. The molecule has 5 nitrogen and oxygen atoms in total. The van der Waals surface area contributed by atoms with E-state index in [1.54, 1.807) is 24.3 Å². The van der Waals surface area contributed by atoms with Crippen LogP contribution >= 0.6 is 0 Å². The number of hydrogen-bond donors (Lipinski definition) is 1. The Hall–Kier alpha value is -3.16. The number of hydrogen-bond acceptors (Lipinski definition) is 4. The van der Waals surface area contributed by atoms with Crippen LogP contribution in [0.4, 0.5) is 13.2 Å². The van der Waals surface area contributed by atoms with E-state index in [0.29, 0.717) is 26.8 Å². The lowest BCUT2D eigenvalue weighted by Crippen LogP contribution is -2.17. The fourth-order valence-electron chi connectivity index (χ4n) is 2.49. The Labute approximate surface area is 139 Å². The molecule has 0 saturated heterocycles. The van der Waals surface area contributed by atoms with Crippen LogP contribution in [0, 0.1) is 0 Å². The van der Waals surface area contributed by atoms with Crippen molar-refractivity contribution in [3.63, 3.8) is 0 Å². The van der Waals surface area contributed by atoms with Crippen molar-refractivity contribution in [2.24, 2.45) is 0 Å². The Balaban J connectivity index is 2.03. The molecule has 0 bridgehead atoms. The van der Waals surface area contributed by atoms with Crippen molar-refractivity contribution in [1.29, 1.82) is 0 Å². The number of fused-ring (bicyclic) bond motifs is 1. The second kappa shape index (κ2) is 6.04. The largest absolute Gasteiger partial charge is 0.573 e. The molecule has 1 N–H and O–H groups in total. The van der Waals surface area contributed by atoms with Crippen LogP contribution in [0.2, 0.25) is 0 Å². The summed E-state index contributed by atoms with van der Waals surface area (Å²) in [7, 11) is 1.19. The number of carbonyl (C=O) groups excluding carboxylic acids is 1. The lowest BCUT2D eigenvalue weighted by atomic mass is 10.0. The third-order valence-electron chi connectivity index (χ3n) is 3.57. The summed E-state index contributed by atoms with van der Waals surface area (Å²) in [6.07, 6.45) is -4.78. The van der Waals surface area contributed by atoms with Gasteiger partial charge in [-0.2, -0.15) is 4.73 Å². The molecule has 2 aromatic carbocycles. The highest BCUT2D eigenvalue weighted by atomic mass is 19.4. The second-order valence-corrected chi connectivity index (χ2v) is 5.18. The van der Waals surface area contributed by atoms with Crippen LogP contribution in [0.3, 0.4) is 0 Å². The van der Waals surface area contributed by atoms with E-state index < -0.39 is 12.3 Å². The average Bonchev–Trinajstić information content (AvgIpc) is 2.89. The number of ether oxygens (including phenoxy) is 2. The Morgan fingerprint density at radius 1 is 1.08 bits per heavy atom.